The summed E-state index contributed by atoms with van der Waals surface area (Å²) in [6.45, 7) is 26.9. The second-order valence-corrected chi connectivity index (χ2v) is 28.9. The second-order valence-electron chi connectivity index (χ2n) is 11.1. The van der Waals surface area contributed by atoms with E-state index in [1.807, 2.05) is 0 Å². The van der Waals surface area contributed by atoms with Gasteiger partial charge in [0.2, 0.25) is 0 Å². The van der Waals surface area contributed by atoms with Crippen LogP contribution in [0, 0.1) is 0 Å². The van der Waals surface area contributed by atoms with Gasteiger partial charge in [-0.2, -0.15) is 0 Å². The molecule has 1 heterocycles. The Morgan fingerprint density at radius 2 is 0.923 bits per heavy atom. The van der Waals surface area contributed by atoms with Crippen LogP contribution >= 0.6 is 0 Å². The minimum absolute atomic E-state index is 0.101. The molecule has 0 aromatic heterocycles. The highest BCUT2D eigenvalue weighted by atomic mass is 28.4. The normalized spacial score (nSPS) is 29.1. The average molecular weight is 439 g/mol. The van der Waals surface area contributed by atoms with E-state index in [9.17, 15) is 0 Å². The van der Waals surface area contributed by atoms with E-state index in [0.29, 0.717) is 6.61 Å². The molecule has 1 aliphatic rings. The van der Waals surface area contributed by atoms with Gasteiger partial charge in [0.15, 0.2) is 39.6 Å². The molecule has 0 aromatic carbocycles. The molecule has 5 nitrogen and oxygen atoms in total. The number of hydrogen-bond donors (Lipinski definition) is 0. The SMILES string of the molecule is C[Si](C)(C)O[C@@H]1OC[C@@H](O[Si](C)(C)C)[C@H](O[Si](C)(C)C)[C@@H]1O[Si](C)(C)C. The van der Waals surface area contributed by atoms with Crippen LogP contribution in [0.4, 0.5) is 0 Å². The van der Waals surface area contributed by atoms with Crippen LogP contribution in [0.2, 0.25) is 78.6 Å². The van der Waals surface area contributed by atoms with Gasteiger partial charge in [-0.1, -0.05) is 0 Å². The highest BCUT2D eigenvalue weighted by molar-refractivity contribution is 6.71. The van der Waals surface area contributed by atoms with E-state index in [1.165, 1.54) is 0 Å². The summed E-state index contributed by atoms with van der Waals surface area (Å²) in [6, 6.07) is 0. The smallest absolute Gasteiger partial charge is 0.187 e. The Morgan fingerprint density at radius 1 is 0.538 bits per heavy atom. The lowest BCUT2D eigenvalue weighted by Crippen LogP contribution is -2.63. The highest BCUT2D eigenvalue weighted by Crippen LogP contribution is 2.31. The predicted octanol–water partition coefficient (Wildman–Crippen LogP) is 4.85. The van der Waals surface area contributed by atoms with E-state index in [2.05, 4.69) is 78.6 Å². The molecule has 0 N–H and O–H groups in total. The summed E-state index contributed by atoms with van der Waals surface area (Å²) < 4.78 is 32.2. The first-order valence-electron chi connectivity index (χ1n) is 9.69. The number of ether oxygens (including phenoxy) is 1. The maximum absolute atomic E-state index is 6.63. The molecule has 26 heavy (non-hydrogen) atoms. The van der Waals surface area contributed by atoms with Gasteiger partial charge >= 0.3 is 0 Å². The Hall–Kier alpha value is 0.668. The summed E-state index contributed by atoms with van der Waals surface area (Å²) in [5.41, 5.74) is 0. The van der Waals surface area contributed by atoms with Gasteiger partial charge in [0, 0.05) is 0 Å². The molecular formula is C17H42O5Si4. The zero-order chi connectivity index (χ0) is 20.6. The van der Waals surface area contributed by atoms with Crippen LogP contribution in [-0.4, -0.2) is 64.5 Å². The van der Waals surface area contributed by atoms with E-state index in [-0.39, 0.29) is 24.6 Å². The van der Waals surface area contributed by atoms with Crippen molar-refractivity contribution in [1.82, 2.24) is 0 Å². The van der Waals surface area contributed by atoms with Gasteiger partial charge in [-0.15, -0.1) is 0 Å². The lowest BCUT2D eigenvalue weighted by Gasteiger charge is -2.48. The predicted molar refractivity (Wildman–Crippen MR) is 119 cm³/mol. The van der Waals surface area contributed by atoms with Crippen molar-refractivity contribution in [1.29, 1.82) is 0 Å². The molecule has 0 radical (unpaired) electrons. The van der Waals surface area contributed by atoms with Gasteiger partial charge in [-0.3, -0.25) is 0 Å². The van der Waals surface area contributed by atoms with E-state index >= 15 is 0 Å². The molecule has 0 amide bonds. The minimum atomic E-state index is -1.82. The highest BCUT2D eigenvalue weighted by Gasteiger charge is 2.48. The maximum atomic E-state index is 6.63. The van der Waals surface area contributed by atoms with E-state index in [1.54, 1.807) is 0 Å². The fourth-order valence-electron chi connectivity index (χ4n) is 2.83. The van der Waals surface area contributed by atoms with Crippen molar-refractivity contribution in [2.24, 2.45) is 0 Å². The molecule has 1 rings (SSSR count). The van der Waals surface area contributed by atoms with Crippen molar-refractivity contribution < 1.29 is 22.4 Å². The largest absolute Gasteiger partial charge is 0.410 e. The van der Waals surface area contributed by atoms with Crippen LogP contribution < -0.4 is 0 Å². The molecule has 9 heteroatoms. The van der Waals surface area contributed by atoms with E-state index in [0.717, 1.165) is 0 Å². The summed E-state index contributed by atoms with van der Waals surface area (Å²) in [5.74, 6) is 0. The minimum Gasteiger partial charge on any atom is -0.410 e. The van der Waals surface area contributed by atoms with Crippen LogP contribution in [0.3, 0.4) is 0 Å². The Balaban J connectivity index is 3.20. The monoisotopic (exact) mass is 438 g/mol. The number of hydrogen-bond acceptors (Lipinski definition) is 5. The fourth-order valence-corrected chi connectivity index (χ4v) is 7.01. The third-order valence-corrected chi connectivity index (χ3v) is 7.24. The van der Waals surface area contributed by atoms with Gasteiger partial charge in [-0.25, -0.2) is 0 Å². The van der Waals surface area contributed by atoms with Crippen molar-refractivity contribution in [3.8, 4) is 0 Å². The van der Waals surface area contributed by atoms with Gasteiger partial charge in [0.05, 0.1) is 12.7 Å². The van der Waals surface area contributed by atoms with Crippen molar-refractivity contribution in [3.63, 3.8) is 0 Å². The summed E-state index contributed by atoms with van der Waals surface area (Å²) in [4.78, 5) is 0. The van der Waals surface area contributed by atoms with Gasteiger partial charge in [-0.05, 0) is 78.6 Å². The van der Waals surface area contributed by atoms with Crippen molar-refractivity contribution >= 4 is 33.3 Å². The molecule has 0 saturated carbocycles. The molecule has 0 spiro atoms. The summed E-state index contributed by atoms with van der Waals surface area (Å²) in [6.07, 6.45) is -0.863. The van der Waals surface area contributed by atoms with Crippen LogP contribution in [0.1, 0.15) is 0 Å². The molecule has 0 aliphatic carbocycles. The first kappa shape index (κ1) is 24.7. The average Bonchev–Trinajstić information content (AvgIpc) is 2.30. The molecule has 0 aromatic rings. The van der Waals surface area contributed by atoms with Crippen LogP contribution in [-0.2, 0) is 22.4 Å². The quantitative estimate of drug-likeness (QED) is 0.507. The standard InChI is InChI=1S/C17H42O5Si4/c1-23(2,3)19-14-13-18-17(22-26(10,11)12)16(21-25(7,8)9)15(14)20-24(4,5)6/h14-17H,13H2,1-12H3/t14-,15+,16+,17+/m1/s1. The van der Waals surface area contributed by atoms with Crippen LogP contribution in [0.15, 0.2) is 0 Å². The number of rotatable bonds is 8. The van der Waals surface area contributed by atoms with E-state index in [4.69, 9.17) is 22.4 Å². The third kappa shape index (κ3) is 9.74. The maximum Gasteiger partial charge on any atom is 0.187 e. The lowest BCUT2D eigenvalue weighted by atomic mass is 10.1. The molecule has 1 saturated heterocycles. The second kappa shape index (κ2) is 8.58. The van der Waals surface area contributed by atoms with Crippen LogP contribution in [0.5, 0.6) is 0 Å². The fraction of sp³-hybridized carbons (Fsp3) is 1.00. The van der Waals surface area contributed by atoms with Crippen molar-refractivity contribution in [2.75, 3.05) is 6.61 Å². The van der Waals surface area contributed by atoms with Crippen molar-refractivity contribution in [3.05, 3.63) is 0 Å². The topological polar surface area (TPSA) is 46.2 Å². The van der Waals surface area contributed by atoms with E-state index < -0.39 is 33.3 Å². The molecule has 0 unspecified atom stereocenters. The zero-order valence-corrected chi connectivity index (χ0v) is 23.1. The molecule has 156 valence electrons. The van der Waals surface area contributed by atoms with Gasteiger partial charge in [0.25, 0.3) is 0 Å². The van der Waals surface area contributed by atoms with Crippen LogP contribution in [0.25, 0.3) is 0 Å². The Bertz CT molecular complexity index is 406. The summed E-state index contributed by atoms with van der Waals surface area (Å²) in [5, 5.41) is 0. The molecule has 0 bridgehead atoms. The first-order chi connectivity index (χ1) is 11.4. The lowest BCUT2D eigenvalue weighted by molar-refractivity contribution is -0.232. The third-order valence-electron chi connectivity index (χ3n) is 3.34. The van der Waals surface area contributed by atoms with Gasteiger partial charge < -0.3 is 22.4 Å². The molecule has 1 fully saturated rings. The summed E-state index contributed by atoms with van der Waals surface area (Å²) in [7, 11) is -7.14. The molecule has 4 atom stereocenters. The first-order valence-corrected chi connectivity index (χ1v) is 23.3. The Kier molecular flexibility index (Phi) is 8.15. The zero-order valence-electron chi connectivity index (χ0n) is 19.1. The van der Waals surface area contributed by atoms with Crippen molar-refractivity contribution in [2.45, 2.75) is 103 Å². The Labute approximate surface area is 165 Å². The summed E-state index contributed by atoms with van der Waals surface area (Å²) >= 11 is 0. The molecule has 1 aliphatic heterocycles. The Morgan fingerprint density at radius 3 is 1.31 bits per heavy atom. The van der Waals surface area contributed by atoms with Gasteiger partial charge in [0.1, 0.15) is 12.2 Å². The molecular weight excluding hydrogens is 397 g/mol.